The van der Waals surface area contributed by atoms with E-state index in [1.165, 1.54) is 10.9 Å². The van der Waals surface area contributed by atoms with Crippen LogP contribution in [0.1, 0.15) is 34.7 Å². The summed E-state index contributed by atoms with van der Waals surface area (Å²) < 4.78 is 38.0. The van der Waals surface area contributed by atoms with Crippen molar-refractivity contribution in [1.29, 1.82) is 0 Å². The van der Waals surface area contributed by atoms with E-state index < -0.39 is 22.0 Å². The van der Waals surface area contributed by atoms with E-state index >= 15 is 0 Å². The number of halogens is 1. The highest BCUT2D eigenvalue weighted by Crippen LogP contribution is 2.42. The van der Waals surface area contributed by atoms with Gasteiger partial charge in [0.25, 0.3) is 0 Å². The monoisotopic (exact) mass is 421 g/mol. The SMILES string of the molecule is NS(=O)(=NC(=O)Nc1c2c(c(F)c3c1CC3)CCC2)c1cnn2c1OC[C@@H]2CO. The lowest BCUT2D eigenvalue weighted by Gasteiger charge is -2.26. The molecule has 0 radical (unpaired) electrons. The highest BCUT2D eigenvalue weighted by molar-refractivity contribution is 7.91. The van der Waals surface area contributed by atoms with Crippen molar-refractivity contribution in [3.8, 4) is 5.88 Å². The van der Waals surface area contributed by atoms with Crippen molar-refractivity contribution in [3.63, 3.8) is 0 Å². The number of nitrogens with two attached hydrogens (primary N) is 1. The number of nitrogens with zero attached hydrogens (tertiary/aromatic N) is 3. The van der Waals surface area contributed by atoms with E-state index in [1.807, 2.05) is 0 Å². The van der Waals surface area contributed by atoms with Gasteiger partial charge in [-0.3, -0.25) is 0 Å². The summed E-state index contributed by atoms with van der Waals surface area (Å²) >= 11 is 0. The summed E-state index contributed by atoms with van der Waals surface area (Å²) in [6, 6.07) is -1.26. The van der Waals surface area contributed by atoms with Crippen LogP contribution in [-0.2, 0) is 35.6 Å². The number of nitrogens with one attached hydrogen (secondary N) is 1. The van der Waals surface area contributed by atoms with Gasteiger partial charge in [0.1, 0.15) is 23.4 Å². The number of hydrogen-bond acceptors (Lipinski definition) is 5. The van der Waals surface area contributed by atoms with E-state index in [9.17, 15) is 18.5 Å². The van der Waals surface area contributed by atoms with Crippen LogP contribution in [0.2, 0.25) is 0 Å². The average Bonchev–Trinajstić information content (AvgIpc) is 3.34. The fourth-order valence-corrected chi connectivity index (χ4v) is 5.27. The number of aromatic nitrogens is 2. The van der Waals surface area contributed by atoms with E-state index in [0.29, 0.717) is 42.5 Å². The Morgan fingerprint density at radius 2 is 2.03 bits per heavy atom. The number of fused-ring (bicyclic) bond motifs is 3. The molecular formula is C18H20FN5O4S. The third kappa shape index (κ3) is 2.75. The largest absolute Gasteiger partial charge is 0.475 e. The lowest BCUT2D eigenvalue weighted by atomic mass is 9.83. The number of rotatable bonds is 3. The fraction of sp³-hybridized carbons (Fsp3) is 0.444. The number of urea groups is 1. The molecule has 5 rings (SSSR count). The Labute approximate surface area is 166 Å². The van der Waals surface area contributed by atoms with Gasteiger partial charge in [-0.1, -0.05) is 0 Å². The summed E-state index contributed by atoms with van der Waals surface area (Å²) in [5, 5.41) is 21.9. The van der Waals surface area contributed by atoms with Crippen LogP contribution in [0.4, 0.5) is 14.9 Å². The van der Waals surface area contributed by atoms with E-state index in [1.54, 1.807) is 0 Å². The molecule has 2 aliphatic carbocycles. The van der Waals surface area contributed by atoms with Crippen LogP contribution in [0, 0.1) is 5.82 Å². The van der Waals surface area contributed by atoms with Crippen LogP contribution in [0.5, 0.6) is 5.88 Å². The minimum absolute atomic E-state index is 0.000872. The molecule has 0 fully saturated rings. The van der Waals surface area contributed by atoms with Crippen molar-refractivity contribution in [3.05, 3.63) is 34.3 Å². The van der Waals surface area contributed by atoms with E-state index in [-0.39, 0.29) is 29.8 Å². The van der Waals surface area contributed by atoms with Crippen molar-refractivity contribution in [2.75, 3.05) is 18.5 Å². The molecule has 1 unspecified atom stereocenters. The Balaban J connectivity index is 1.48. The summed E-state index contributed by atoms with van der Waals surface area (Å²) in [6.07, 6.45) is 4.72. The molecular weight excluding hydrogens is 401 g/mol. The quantitative estimate of drug-likeness (QED) is 0.690. The van der Waals surface area contributed by atoms with Crippen LogP contribution in [0.25, 0.3) is 0 Å². The number of hydrogen-bond donors (Lipinski definition) is 3. The normalized spacial score (nSPS) is 20.7. The summed E-state index contributed by atoms with van der Waals surface area (Å²) in [5.41, 5.74) is 3.47. The zero-order valence-electron chi connectivity index (χ0n) is 15.5. The number of aliphatic hydroxyl groups is 1. The molecule has 2 heterocycles. The summed E-state index contributed by atoms with van der Waals surface area (Å²) in [4.78, 5) is 12.6. The lowest BCUT2D eigenvalue weighted by Crippen LogP contribution is -2.22. The van der Waals surface area contributed by atoms with E-state index in [2.05, 4.69) is 14.8 Å². The van der Waals surface area contributed by atoms with Gasteiger partial charge in [-0.05, 0) is 54.4 Å². The molecule has 29 heavy (non-hydrogen) atoms. The van der Waals surface area contributed by atoms with Gasteiger partial charge in [0, 0.05) is 5.69 Å². The molecule has 2 amide bonds. The molecule has 2 atom stereocenters. The molecule has 0 saturated heterocycles. The van der Waals surface area contributed by atoms with E-state index in [0.717, 1.165) is 17.5 Å². The Morgan fingerprint density at radius 3 is 2.76 bits per heavy atom. The van der Waals surface area contributed by atoms with Gasteiger partial charge in [-0.25, -0.2) is 23.2 Å². The van der Waals surface area contributed by atoms with Crippen molar-refractivity contribution >= 4 is 21.6 Å². The Hall–Kier alpha value is -2.50. The number of aliphatic hydroxyl groups excluding tert-OH is 1. The second-order valence-corrected chi connectivity index (χ2v) is 9.21. The number of carbonyl (C=O) groups is 1. The molecule has 0 saturated carbocycles. The Kier molecular flexibility index (Phi) is 4.16. The van der Waals surface area contributed by atoms with Gasteiger partial charge in [0.05, 0.1) is 12.8 Å². The highest BCUT2D eigenvalue weighted by Gasteiger charge is 2.33. The van der Waals surface area contributed by atoms with Crippen molar-refractivity contribution in [1.82, 2.24) is 9.78 Å². The fourth-order valence-electron chi connectivity index (χ4n) is 4.28. The number of anilines is 1. The lowest BCUT2D eigenvalue weighted by molar-refractivity contribution is 0.206. The molecule has 1 aromatic carbocycles. The maximum absolute atomic E-state index is 14.5. The molecule has 2 aromatic rings. The highest BCUT2D eigenvalue weighted by atomic mass is 32.2. The molecule has 1 aromatic heterocycles. The molecule has 11 heteroatoms. The maximum atomic E-state index is 14.5. The molecule has 4 N–H and O–H groups in total. The van der Waals surface area contributed by atoms with Crippen molar-refractivity contribution in [2.45, 2.75) is 43.0 Å². The summed E-state index contributed by atoms with van der Waals surface area (Å²) in [5.74, 6) is -0.0118. The maximum Gasteiger partial charge on any atom is 0.354 e. The van der Waals surface area contributed by atoms with Crippen LogP contribution >= 0.6 is 0 Å². The van der Waals surface area contributed by atoms with Crippen LogP contribution in [0.15, 0.2) is 15.5 Å². The predicted octanol–water partition coefficient (Wildman–Crippen LogP) is 1.47. The predicted molar refractivity (Wildman–Crippen MR) is 102 cm³/mol. The van der Waals surface area contributed by atoms with Gasteiger partial charge >= 0.3 is 6.03 Å². The first kappa shape index (κ1) is 18.5. The minimum Gasteiger partial charge on any atom is -0.475 e. The molecule has 154 valence electrons. The molecule has 3 aliphatic rings. The molecule has 1 aliphatic heterocycles. The summed E-state index contributed by atoms with van der Waals surface area (Å²) in [7, 11) is -3.62. The first-order valence-electron chi connectivity index (χ1n) is 9.42. The minimum atomic E-state index is -3.62. The topological polar surface area (TPSA) is 132 Å². The molecule has 0 spiro atoms. The van der Waals surface area contributed by atoms with Gasteiger partial charge < -0.3 is 15.2 Å². The number of amides is 2. The zero-order valence-corrected chi connectivity index (χ0v) is 16.3. The third-order valence-electron chi connectivity index (χ3n) is 5.79. The van der Waals surface area contributed by atoms with Gasteiger partial charge in [0.2, 0.25) is 5.88 Å². The number of carbonyl (C=O) groups excluding carboxylic acids is 1. The first-order chi connectivity index (χ1) is 13.9. The summed E-state index contributed by atoms with van der Waals surface area (Å²) in [6.45, 7) is -0.0272. The van der Waals surface area contributed by atoms with Gasteiger partial charge in [0.15, 0.2) is 9.92 Å². The zero-order chi connectivity index (χ0) is 20.3. The van der Waals surface area contributed by atoms with Crippen LogP contribution in [0.3, 0.4) is 0 Å². The molecule has 9 nitrogen and oxygen atoms in total. The first-order valence-corrected chi connectivity index (χ1v) is 11.0. The average molecular weight is 421 g/mol. The number of ether oxygens (including phenoxy) is 1. The Bertz CT molecular complexity index is 1170. The standard InChI is InChI=1S/C18H20FN5O4S/c19-15-10-2-1-3-12(10)16(13-5-4-11(13)15)22-18(26)23-29(20,27)14-6-21-24-9(7-25)8-28-17(14)24/h6,9,25H,1-5,7-8H2,(H3,20,22,23,26,27)/t9-,29?/m0/s1. The smallest absolute Gasteiger partial charge is 0.354 e. The second-order valence-electron chi connectivity index (χ2n) is 7.45. The molecule has 0 bridgehead atoms. The Morgan fingerprint density at radius 1 is 1.34 bits per heavy atom. The van der Waals surface area contributed by atoms with Crippen molar-refractivity contribution in [2.24, 2.45) is 9.50 Å². The van der Waals surface area contributed by atoms with Crippen LogP contribution in [-0.4, -0.2) is 38.3 Å². The van der Waals surface area contributed by atoms with E-state index in [4.69, 9.17) is 9.88 Å². The van der Waals surface area contributed by atoms with Gasteiger partial charge in [-0.2, -0.15) is 5.10 Å². The number of benzene rings is 1. The van der Waals surface area contributed by atoms with Gasteiger partial charge in [-0.15, -0.1) is 4.36 Å². The van der Waals surface area contributed by atoms with Crippen molar-refractivity contribution < 1.29 is 23.2 Å². The second kappa shape index (κ2) is 6.51. The van der Waals surface area contributed by atoms with Crippen LogP contribution < -0.4 is 15.2 Å². The third-order valence-corrected chi connectivity index (χ3v) is 7.14.